The van der Waals surface area contributed by atoms with E-state index in [0.717, 1.165) is 30.4 Å². The highest BCUT2D eigenvalue weighted by Gasteiger charge is 2.04. The van der Waals surface area contributed by atoms with Gasteiger partial charge in [-0.1, -0.05) is 11.8 Å². The summed E-state index contributed by atoms with van der Waals surface area (Å²) < 4.78 is 0. The zero-order chi connectivity index (χ0) is 10.2. The van der Waals surface area contributed by atoms with Crippen LogP contribution in [0.15, 0.2) is 4.99 Å². The third-order valence-electron chi connectivity index (χ3n) is 1.71. The maximum Gasteiger partial charge on any atom is 0.314 e. The van der Waals surface area contributed by atoms with Gasteiger partial charge < -0.3 is 16.0 Å². The van der Waals surface area contributed by atoms with Crippen molar-refractivity contribution in [3.63, 3.8) is 0 Å². The first-order valence-electron chi connectivity index (χ1n) is 4.69. The van der Waals surface area contributed by atoms with Crippen LogP contribution in [0.4, 0.5) is 4.79 Å². The molecular weight excluding hydrogens is 200 g/mol. The van der Waals surface area contributed by atoms with Crippen LogP contribution in [0.1, 0.15) is 6.42 Å². The van der Waals surface area contributed by atoms with Crippen molar-refractivity contribution in [2.45, 2.75) is 6.42 Å². The SMILES string of the molecule is CNC(=O)NCCNC1=NCCCS1. The standard InChI is InChI=1S/C8H16N4OS/c1-9-7(13)10-4-5-12-8-11-3-2-6-14-8/h2-6H2,1H3,(H,11,12)(H2,9,10,13). The molecule has 1 heterocycles. The van der Waals surface area contributed by atoms with Crippen LogP contribution < -0.4 is 16.0 Å². The first kappa shape index (κ1) is 11.2. The van der Waals surface area contributed by atoms with Gasteiger partial charge in [0.25, 0.3) is 0 Å². The van der Waals surface area contributed by atoms with Crippen molar-refractivity contribution in [1.82, 2.24) is 16.0 Å². The molecule has 0 fully saturated rings. The fourth-order valence-corrected chi connectivity index (χ4v) is 1.85. The van der Waals surface area contributed by atoms with Crippen molar-refractivity contribution in [3.8, 4) is 0 Å². The van der Waals surface area contributed by atoms with E-state index >= 15 is 0 Å². The maximum atomic E-state index is 10.8. The third kappa shape index (κ3) is 4.36. The van der Waals surface area contributed by atoms with E-state index < -0.39 is 0 Å². The van der Waals surface area contributed by atoms with E-state index in [9.17, 15) is 4.79 Å². The lowest BCUT2D eigenvalue weighted by Crippen LogP contribution is -2.38. The van der Waals surface area contributed by atoms with Gasteiger partial charge in [0, 0.05) is 32.4 Å². The van der Waals surface area contributed by atoms with E-state index in [1.165, 1.54) is 0 Å². The lowest BCUT2D eigenvalue weighted by Gasteiger charge is -2.13. The normalized spacial score (nSPS) is 15.6. The Morgan fingerprint density at radius 2 is 2.43 bits per heavy atom. The fourth-order valence-electron chi connectivity index (χ4n) is 1.00. The molecule has 0 aromatic heterocycles. The molecule has 0 radical (unpaired) electrons. The summed E-state index contributed by atoms with van der Waals surface area (Å²) in [5, 5.41) is 9.35. The molecule has 0 bridgehead atoms. The molecule has 0 atom stereocenters. The Balaban J connectivity index is 2.03. The van der Waals surface area contributed by atoms with Gasteiger partial charge in [-0.05, 0) is 6.42 Å². The Morgan fingerprint density at radius 3 is 3.07 bits per heavy atom. The molecule has 1 aliphatic rings. The zero-order valence-corrected chi connectivity index (χ0v) is 9.12. The number of urea groups is 1. The molecule has 1 aliphatic heterocycles. The second-order valence-electron chi connectivity index (χ2n) is 2.82. The van der Waals surface area contributed by atoms with Gasteiger partial charge in [-0.25, -0.2) is 4.79 Å². The minimum Gasteiger partial charge on any atom is -0.363 e. The lowest BCUT2D eigenvalue weighted by molar-refractivity contribution is 0.243. The van der Waals surface area contributed by atoms with Gasteiger partial charge in [0.2, 0.25) is 0 Å². The van der Waals surface area contributed by atoms with Gasteiger partial charge in [-0.2, -0.15) is 0 Å². The summed E-state index contributed by atoms with van der Waals surface area (Å²) in [5.41, 5.74) is 0. The van der Waals surface area contributed by atoms with Crippen LogP contribution in [0.2, 0.25) is 0 Å². The molecule has 80 valence electrons. The second-order valence-corrected chi connectivity index (χ2v) is 3.91. The predicted molar refractivity (Wildman–Crippen MR) is 59.8 cm³/mol. The Labute approximate surface area is 88.1 Å². The molecule has 2 amide bonds. The average Bonchev–Trinajstić information content (AvgIpc) is 2.25. The van der Waals surface area contributed by atoms with Gasteiger partial charge in [0.1, 0.15) is 0 Å². The van der Waals surface area contributed by atoms with Crippen LogP contribution in [0.3, 0.4) is 0 Å². The number of hydrogen-bond donors (Lipinski definition) is 3. The number of thioether (sulfide) groups is 1. The summed E-state index contributed by atoms with van der Waals surface area (Å²) in [7, 11) is 1.60. The molecule has 0 saturated heterocycles. The zero-order valence-electron chi connectivity index (χ0n) is 8.30. The smallest absolute Gasteiger partial charge is 0.314 e. The number of hydrogen-bond acceptors (Lipinski definition) is 4. The summed E-state index contributed by atoms with van der Waals surface area (Å²) >= 11 is 1.74. The Morgan fingerprint density at radius 1 is 1.57 bits per heavy atom. The van der Waals surface area contributed by atoms with Crippen molar-refractivity contribution in [2.24, 2.45) is 4.99 Å². The number of aliphatic imine (C=N–C) groups is 1. The monoisotopic (exact) mass is 216 g/mol. The molecule has 1 rings (SSSR count). The molecule has 6 heteroatoms. The Hall–Kier alpha value is -0.910. The number of amidine groups is 1. The summed E-state index contributed by atoms with van der Waals surface area (Å²) in [4.78, 5) is 15.1. The van der Waals surface area contributed by atoms with Crippen LogP contribution in [0.5, 0.6) is 0 Å². The summed E-state index contributed by atoms with van der Waals surface area (Å²) in [6.45, 7) is 2.25. The number of carbonyl (C=O) groups is 1. The highest BCUT2D eigenvalue weighted by molar-refractivity contribution is 8.13. The maximum absolute atomic E-state index is 10.8. The molecule has 0 saturated carbocycles. The molecule has 0 aliphatic carbocycles. The van der Waals surface area contributed by atoms with E-state index in [2.05, 4.69) is 20.9 Å². The molecule has 0 aromatic rings. The van der Waals surface area contributed by atoms with E-state index in [0.29, 0.717) is 6.54 Å². The van der Waals surface area contributed by atoms with E-state index in [1.54, 1.807) is 18.8 Å². The van der Waals surface area contributed by atoms with Crippen molar-refractivity contribution in [2.75, 3.05) is 32.4 Å². The number of nitrogens with one attached hydrogen (secondary N) is 3. The highest BCUT2D eigenvalue weighted by atomic mass is 32.2. The number of rotatable bonds is 3. The van der Waals surface area contributed by atoms with Gasteiger partial charge in [0.15, 0.2) is 5.17 Å². The molecule has 3 N–H and O–H groups in total. The largest absolute Gasteiger partial charge is 0.363 e. The van der Waals surface area contributed by atoms with E-state index in [-0.39, 0.29) is 6.03 Å². The Kier molecular flexibility index (Phi) is 5.21. The molecule has 0 aromatic carbocycles. The minimum atomic E-state index is -0.148. The van der Waals surface area contributed by atoms with Crippen molar-refractivity contribution in [3.05, 3.63) is 0 Å². The third-order valence-corrected chi connectivity index (χ3v) is 2.75. The van der Waals surface area contributed by atoms with Crippen molar-refractivity contribution >= 4 is 23.0 Å². The molecule has 0 spiro atoms. The van der Waals surface area contributed by atoms with E-state index in [4.69, 9.17) is 0 Å². The quantitative estimate of drug-likeness (QED) is 0.582. The van der Waals surface area contributed by atoms with Crippen LogP contribution in [0.25, 0.3) is 0 Å². The summed E-state index contributed by atoms with van der Waals surface area (Å²) in [5.74, 6) is 1.13. The second kappa shape index (κ2) is 6.53. The topological polar surface area (TPSA) is 65.5 Å². The lowest BCUT2D eigenvalue weighted by atomic mass is 10.5. The molecular formula is C8H16N4OS. The molecule has 5 nitrogen and oxygen atoms in total. The number of amides is 2. The van der Waals surface area contributed by atoms with Crippen LogP contribution in [-0.2, 0) is 0 Å². The minimum absolute atomic E-state index is 0.148. The molecule has 14 heavy (non-hydrogen) atoms. The average molecular weight is 216 g/mol. The number of nitrogens with zero attached hydrogens (tertiary/aromatic N) is 1. The van der Waals surface area contributed by atoms with Gasteiger partial charge in [-0.3, -0.25) is 4.99 Å². The summed E-state index contributed by atoms with van der Waals surface area (Å²) in [6, 6.07) is -0.148. The first-order valence-corrected chi connectivity index (χ1v) is 5.68. The summed E-state index contributed by atoms with van der Waals surface area (Å²) in [6.07, 6.45) is 1.16. The van der Waals surface area contributed by atoms with Gasteiger partial charge in [-0.15, -0.1) is 0 Å². The van der Waals surface area contributed by atoms with E-state index in [1.807, 2.05) is 0 Å². The highest BCUT2D eigenvalue weighted by Crippen LogP contribution is 2.09. The van der Waals surface area contributed by atoms with Gasteiger partial charge in [0.05, 0.1) is 0 Å². The number of carbonyl (C=O) groups excluding carboxylic acids is 1. The molecule has 0 unspecified atom stereocenters. The predicted octanol–water partition coefficient (Wildman–Crippen LogP) is -0.00210. The first-order chi connectivity index (χ1) is 6.83. The van der Waals surface area contributed by atoms with Crippen molar-refractivity contribution < 1.29 is 4.79 Å². The fraction of sp³-hybridized carbons (Fsp3) is 0.750. The van der Waals surface area contributed by atoms with Crippen LogP contribution in [-0.4, -0.2) is 43.6 Å². The Bertz CT molecular complexity index is 219. The van der Waals surface area contributed by atoms with Crippen molar-refractivity contribution in [1.29, 1.82) is 0 Å². The van der Waals surface area contributed by atoms with Gasteiger partial charge >= 0.3 is 6.03 Å². The van der Waals surface area contributed by atoms with Crippen LogP contribution >= 0.6 is 11.8 Å². The van der Waals surface area contributed by atoms with Crippen LogP contribution in [0, 0.1) is 0 Å².